The van der Waals surface area contributed by atoms with Crippen LogP contribution in [-0.2, 0) is 0 Å². The predicted molar refractivity (Wildman–Crippen MR) is 181 cm³/mol. The number of aromatic nitrogens is 1. The van der Waals surface area contributed by atoms with Crippen molar-refractivity contribution in [1.82, 2.24) is 9.88 Å². The molecule has 3 heterocycles. The Morgan fingerprint density at radius 2 is 1.32 bits per heavy atom. The number of furan rings is 1. The number of hydrogen-bond acceptors (Lipinski definition) is 3. The van der Waals surface area contributed by atoms with Crippen LogP contribution < -0.4 is 5.32 Å². The van der Waals surface area contributed by atoms with Crippen LogP contribution in [0.1, 0.15) is 22.7 Å². The van der Waals surface area contributed by atoms with Gasteiger partial charge in [-0.05, 0) is 70.4 Å². The van der Waals surface area contributed by atoms with Crippen LogP contribution >= 0.6 is 0 Å². The lowest BCUT2D eigenvalue weighted by Crippen LogP contribution is -2.31. The molecule has 0 radical (unpaired) electrons. The van der Waals surface area contributed by atoms with Gasteiger partial charge < -0.3 is 14.3 Å². The topological polar surface area (TPSA) is 42.5 Å². The molecule has 1 atom stereocenters. The van der Waals surface area contributed by atoms with Crippen LogP contribution in [0.25, 0.3) is 55.1 Å². The highest BCUT2D eigenvalue weighted by molar-refractivity contribution is 6.24. The second-order valence-corrected chi connectivity index (χ2v) is 11.3. The van der Waals surface area contributed by atoms with Crippen molar-refractivity contribution in [2.45, 2.75) is 6.04 Å². The molecule has 6 aromatic carbocycles. The maximum absolute atomic E-state index is 6.55. The summed E-state index contributed by atoms with van der Waals surface area (Å²) in [5.41, 5.74) is 9.40. The lowest BCUT2D eigenvalue weighted by atomic mass is 10.0. The van der Waals surface area contributed by atoms with Gasteiger partial charge in [-0.15, -0.1) is 0 Å². The molecule has 1 unspecified atom stereocenters. The third-order valence-corrected chi connectivity index (χ3v) is 8.64. The van der Waals surface area contributed by atoms with Crippen molar-refractivity contribution in [3.05, 3.63) is 168 Å². The van der Waals surface area contributed by atoms with Crippen molar-refractivity contribution in [2.24, 2.45) is 4.99 Å². The first kappa shape index (κ1) is 24.7. The van der Waals surface area contributed by atoms with E-state index in [1.807, 2.05) is 18.2 Å². The maximum Gasteiger partial charge on any atom is 0.162 e. The van der Waals surface area contributed by atoms with Crippen molar-refractivity contribution >= 4 is 55.3 Å². The Morgan fingerprint density at radius 3 is 2.14 bits per heavy atom. The molecule has 44 heavy (non-hydrogen) atoms. The molecule has 0 saturated heterocycles. The number of hydrogen-bond donors (Lipinski definition) is 1. The Kier molecular flexibility index (Phi) is 5.53. The standard InChI is InChI=1S/C40H27N3O/c1-3-12-27(13-4-1)33-25-34(28-14-5-2-6-15-28)42-40(41-33)29-19-22-30(23-20-29)43-35-24-21-26-11-7-8-16-31(26)37(35)39-38(43)32-17-9-10-18-36(32)44-39/h1-25,33H,(H,41,42). The fourth-order valence-corrected chi connectivity index (χ4v) is 6.56. The summed E-state index contributed by atoms with van der Waals surface area (Å²) in [7, 11) is 0. The Balaban J connectivity index is 1.20. The Labute approximate surface area is 254 Å². The zero-order chi connectivity index (χ0) is 29.0. The molecule has 0 fully saturated rings. The average Bonchev–Trinajstić information content (AvgIpc) is 3.63. The molecule has 208 valence electrons. The summed E-state index contributed by atoms with van der Waals surface area (Å²) in [6.45, 7) is 0. The van der Waals surface area contributed by atoms with Gasteiger partial charge in [-0.25, -0.2) is 4.99 Å². The highest BCUT2D eigenvalue weighted by Gasteiger charge is 2.22. The SMILES string of the molecule is C1=C(c2ccccc2)N=C(c2ccc(-n3c4ccc5ccccc5c4c4oc5ccccc5c43)cc2)NC1c1ccccc1. The van der Waals surface area contributed by atoms with Gasteiger partial charge in [0.25, 0.3) is 0 Å². The Morgan fingerprint density at radius 1 is 0.614 bits per heavy atom. The van der Waals surface area contributed by atoms with E-state index in [4.69, 9.17) is 9.41 Å². The molecule has 8 aromatic rings. The summed E-state index contributed by atoms with van der Waals surface area (Å²) in [4.78, 5) is 5.10. The van der Waals surface area contributed by atoms with E-state index in [0.717, 1.165) is 61.3 Å². The van der Waals surface area contributed by atoms with Gasteiger partial charge in [0.1, 0.15) is 16.9 Å². The first-order valence-electron chi connectivity index (χ1n) is 14.9. The number of nitrogens with zero attached hydrogens (tertiary/aromatic N) is 2. The van der Waals surface area contributed by atoms with E-state index in [1.54, 1.807) is 0 Å². The summed E-state index contributed by atoms with van der Waals surface area (Å²) in [5.74, 6) is 0.856. The highest BCUT2D eigenvalue weighted by atomic mass is 16.3. The lowest BCUT2D eigenvalue weighted by molar-refractivity contribution is 0.673. The number of benzene rings is 6. The van der Waals surface area contributed by atoms with Crippen molar-refractivity contribution in [1.29, 1.82) is 0 Å². The molecular formula is C40H27N3O. The monoisotopic (exact) mass is 565 g/mol. The van der Waals surface area contributed by atoms with Crippen LogP contribution in [0.15, 0.2) is 161 Å². The van der Waals surface area contributed by atoms with Gasteiger partial charge in [0.15, 0.2) is 5.58 Å². The largest absolute Gasteiger partial charge is 0.454 e. The number of amidine groups is 1. The number of rotatable bonds is 4. The summed E-state index contributed by atoms with van der Waals surface area (Å²) in [6, 6.07) is 50.9. The van der Waals surface area contributed by atoms with E-state index in [0.29, 0.717) is 0 Å². The molecule has 0 bridgehead atoms. The van der Waals surface area contributed by atoms with Gasteiger partial charge in [0.2, 0.25) is 0 Å². The van der Waals surface area contributed by atoms with Crippen molar-refractivity contribution in [3.63, 3.8) is 0 Å². The predicted octanol–water partition coefficient (Wildman–Crippen LogP) is 9.82. The van der Waals surface area contributed by atoms with E-state index in [1.165, 1.54) is 16.3 Å². The molecule has 9 rings (SSSR count). The molecule has 1 aliphatic rings. The molecule has 4 heteroatoms. The van der Waals surface area contributed by atoms with Crippen molar-refractivity contribution in [3.8, 4) is 5.69 Å². The number of para-hydroxylation sites is 1. The second-order valence-electron chi connectivity index (χ2n) is 11.3. The molecule has 0 amide bonds. The number of aliphatic imine (C=N–C) groups is 1. The van der Waals surface area contributed by atoms with E-state index >= 15 is 0 Å². The average molecular weight is 566 g/mol. The van der Waals surface area contributed by atoms with Crippen LogP contribution in [0.3, 0.4) is 0 Å². The lowest BCUT2D eigenvalue weighted by Gasteiger charge is -2.24. The zero-order valence-corrected chi connectivity index (χ0v) is 23.8. The van der Waals surface area contributed by atoms with E-state index in [2.05, 4.69) is 143 Å². The van der Waals surface area contributed by atoms with Gasteiger partial charge in [0.05, 0.1) is 22.6 Å². The maximum atomic E-state index is 6.55. The summed E-state index contributed by atoms with van der Waals surface area (Å²) < 4.78 is 8.88. The minimum Gasteiger partial charge on any atom is -0.454 e. The highest BCUT2D eigenvalue weighted by Crippen LogP contribution is 2.41. The van der Waals surface area contributed by atoms with Gasteiger partial charge in [-0.2, -0.15) is 0 Å². The fraction of sp³-hybridized carbons (Fsp3) is 0.0250. The quantitative estimate of drug-likeness (QED) is 0.231. The van der Waals surface area contributed by atoms with Gasteiger partial charge in [0, 0.05) is 16.6 Å². The number of fused-ring (bicyclic) bond motifs is 7. The molecule has 4 nitrogen and oxygen atoms in total. The summed E-state index contributed by atoms with van der Waals surface area (Å²) >= 11 is 0. The van der Waals surface area contributed by atoms with Crippen LogP contribution in [0.2, 0.25) is 0 Å². The molecular weight excluding hydrogens is 538 g/mol. The minimum absolute atomic E-state index is 0.0113. The smallest absolute Gasteiger partial charge is 0.162 e. The molecule has 0 saturated carbocycles. The Hall–Kier alpha value is -5.87. The van der Waals surface area contributed by atoms with Gasteiger partial charge in [-0.1, -0.05) is 103 Å². The van der Waals surface area contributed by atoms with Crippen LogP contribution in [0.5, 0.6) is 0 Å². The van der Waals surface area contributed by atoms with Crippen LogP contribution in [0.4, 0.5) is 0 Å². The molecule has 2 aromatic heterocycles. The first-order chi connectivity index (χ1) is 21.8. The minimum atomic E-state index is 0.0113. The van der Waals surface area contributed by atoms with E-state index < -0.39 is 0 Å². The van der Waals surface area contributed by atoms with Crippen LogP contribution in [0, 0.1) is 0 Å². The third kappa shape index (κ3) is 3.89. The summed E-state index contributed by atoms with van der Waals surface area (Å²) in [6.07, 6.45) is 2.21. The van der Waals surface area contributed by atoms with E-state index in [9.17, 15) is 0 Å². The van der Waals surface area contributed by atoms with E-state index in [-0.39, 0.29) is 6.04 Å². The molecule has 0 spiro atoms. The molecule has 1 aliphatic heterocycles. The van der Waals surface area contributed by atoms with Gasteiger partial charge >= 0.3 is 0 Å². The molecule has 0 aliphatic carbocycles. The molecule has 1 N–H and O–H groups in total. The van der Waals surface area contributed by atoms with Crippen LogP contribution in [-0.4, -0.2) is 10.4 Å². The summed E-state index contributed by atoms with van der Waals surface area (Å²) in [5, 5.41) is 8.33. The normalized spacial score (nSPS) is 15.0. The van der Waals surface area contributed by atoms with Gasteiger partial charge in [-0.3, -0.25) is 0 Å². The first-order valence-corrected chi connectivity index (χ1v) is 14.9. The third-order valence-electron chi connectivity index (χ3n) is 8.64. The second kappa shape index (κ2) is 9.85. The zero-order valence-electron chi connectivity index (χ0n) is 23.8. The van der Waals surface area contributed by atoms with Crippen molar-refractivity contribution in [2.75, 3.05) is 0 Å². The fourth-order valence-electron chi connectivity index (χ4n) is 6.56. The number of nitrogens with one attached hydrogen (secondary N) is 1. The van der Waals surface area contributed by atoms with Crippen molar-refractivity contribution < 1.29 is 4.42 Å². The Bertz CT molecular complexity index is 2400.